The molecular formula is C9H11NOS. The molecule has 1 rings (SSSR count). The summed E-state index contributed by atoms with van der Waals surface area (Å²) in [7, 11) is 0. The van der Waals surface area contributed by atoms with Crippen LogP contribution in [-0.4, -0.2) is 11.7 Å². The largest absolute Gasteiger partial charge is 0.330 e. The van der Waals surface area contributed by atoms with Crippen LogP contribution in [0.15, 0.2) is 35.2 Å². The maximum absolute atomic E-state index is 11.1. The third-order valence-electron chi connectivity index (χ3n) is 1.32. The SMILES string of the molecule is NCCC(=O)Sc1ccccc1. The molecule has 64 valence electrons. The lowest BCUT2D eigenvalue weighted by atomic mass is 10.4. The molecule has 1 aromatic carbocycles. The van der Waals surface area contributed by atoms with Crippen LogP contribution in [0.1, 0.15) is 6.42 Å². The predicted molar refractivity (Wildman–Crippen MR) is 51.0 cm³/mol. The zero-order valence-electron chi connectivity index (χ0n) is 6.69. The molecule has 0 radical (unpaired) electrons. The van der Waals surface area contributed by atoms with Crippen LogP contribution in [0.25, 0.3) is 0 Å². The third-order valence-corrected chi connectivity index (χ3v) is 2.26. The highest BCUT2D eigenvalue weighted by atomic mass is 32.2. The van der Waals surface area contributed by atoms with E-state index >= 15 is 0 Å². The van der Waals surface area contributed by atoms with Crippen LogP contribution in [0.2, 0.25) is 0 Å². The Morgan fingerprint density at radius 3 is 2.58 bits per heavy atom. The normalized spacial score (nSPS) is 9.75. The summed E-state index contributed by atoms with van der Waals surface area (Å²) in [4.78, 5) is 12.1. The maximum Gasteiger partial charge on any atom is 0.194 e. The van der Waals surface area contributed by atoms with Crippen LogP contribution in [0.4, 0.5) is 0 Å². The topological polar surface area (TPSA) is 43.1 Å². The third kappa shape index (κ3) is 3.07. The van der Waals surface area contributed by atoms with Gasteiger partial charge in [0, 0.05) is 17.9 Å². The van der Waals surface area contributed by atoms with Crippen LogP contribution in [0.5, 0.6) is 0 Å². The molecule has 2 N–H and O–H groups in total. The number of rotatable bonds is 3. The lowest BCUT2D eigenvalue weighted by Crippen LogP contribution is -2.04. The standard InChI is InChI=1S/C9H11NOS/c10-7-6-9(11)12-8-4-2-1-3-5-8/h1-5H,6-7,10H2. The van der Waals surface area contributed by atoms with E-state index in [1.54, 1.807) is 0 Å². The first-order valence-corrected chi connectivity index (χ1v) is 4.60. The van der Waals surface area contributed by atoms with Crippen molar-refractivity contribution in [2.24, 2.45) is 5.73 Å². The van der Waals surface area contributed by atoms with Crippen LogP contribution in [0, 0.1) is 0 Å². The van der Waals surface area contributed by atoms with Crippen molar-refractivity contribution in [1.82, 2.24) is 0 Å². The molecule has 0 atom stereocenters. The fourth-order valence-corrected chi connectivity index (χ4v) is 1.56. The molecule has 3 heteroatoms. The Morgan fingerprint density at radius 2 is 2.00 bits per heavy atom. The summed E-state index contributed by atoms with van der Waals surface area (Å²) < 4.78 is 0. The number of hydrogen-bond acceptors (Lipinski definition) is 3. The summed E-state index contributed by atoms with van der Waals surface area (Å²) in [6, 6.07) is 9.59. The fraction of sp³-hybridized carbons (Fsp3) is 0.222. The van der Waals surface area contributed by atoms with Crippen molar-refractivity contribution in [3.8, 4) is 0 Å². The molecule has 0 fully saturated rings. The van der Waals surface area contributed by atoms with Gasteiger partial charge < -0.3 is 5.73 Å². The second kappa shape index (κ2) is 4.95. The van der Waals surface area contributed by atoms with E-state index in [2.05, 4.69) is 0 Å². The van der Waals surface area contributed by atoms with Crippen molar-refractivity contribution < 1.29 is 4.79 Å². The van der Waals surface area contributed by atoms with E-state index in [-0.39, 0.29) is 5.12 Å². The Hall–Kier alpha value is -0.800. The van der Waals surface area contributed by atoms with Crippen LogP contribution in [0.3, 0.4) is 0 Å². The quantitative estimate of drug-likeness (QED) is 0.721. The van der Waals surface area contributed by atoms with Gasteiger partial charge in [-0.15, -0.1) is 0 Å². The average Bonchev–Trinajstić information content (AvgIpc) is 2.06. The molecule has 0 aliphatic carbocycles. The van der Waals surface area contributed by atoms with Gasteiger partial charge >= 0.3 is 0 Å². The summed E-state index contributed by atoms with van der Waals surface area (Å²) >= 11 is 1.25. The second-order valence-electron chi connectivity index (χ2n) is 2.33. The highest BCUT2D eigenvalue weighted by molar-refractivity contribution is 8.13. The molecule has 2 nitrogen and oxygen atoms in total. The molecule has 0 saturated carbocycles. The number of carbonyl (C=O) groups is 1. The summed E-state index contributed by atoms with van der Waals surface area (Å²) in [5.41, 5.74) is 5.25. The van der Waals surface area contributed by atoms with E-state index in [9.17, 15) is 4.79 Å². The van der Waals surface area contributed by atoms with Crippen LogP contribution >= 0.6 is 11.8 Å². The summed E-state index contributed by atoms with van der Waals surface area (Å²) in [6.45, 7) is 0.429. The molecule has 0 heterocycles. The van der Waals surface area contributed by atoms with Gasteiger partial charge in [0.15, 0.2) is 5.12 Å². The first-order valence-electron chi connectivity index (χ1n) is 3.78. The smallest absolute Gasteiger partial charge is 0.194 e. The van der Waals surface area contributed by atoms with Crippen LogP contribution < -0.4 is 5.73 Å². The van der Waals surface area contributed by atoms with E-state index in [1.807, 2.05) is 30.3 Å². The van der Waals surface area contributed by atoms with E-state index in [0.29, 0.717) is 13.0 Å². The van der Waals surface area contributed by atoms with Gasteiger partial charge in [-0.05, 0) is 12.1 Å². The van der Waals surface area contributed by atoms with Gasteiger partial charge in [-0.25, -0.2) is 0 Å². The maximum atomic E-state index is 11.1. The van der Waals surface area contributed by atoms with Gasteiger partial charge in [0.2, 0.25) is 0 Å². The van der Waals surface area contributed by atoms with Crippen molar-refractivity contribution in [2.75, 3.05) is 6.54 Å². The minimum atomic E-state index is 0.128. The number of benzene rings is 1. The Labute approximate surface area is 76.2 Å². The molecule has 1 aromatic rings. The molecule has 0 aromatic heterocycles. The summed E-state index contributed by atoms with van der Waals surface area (Å²) in [5.74, 6) is 0. The lowest BCUT2D eigenvalue weighted by Gasteiger charge is -1.97. The van der Waals surface area contributed by atoms with Gasteiger partial charge in [-0.2, -0.15) is 0 Å². The molecule has 0 aliphatic heterocycles. The molecule has 0 bridgehead atoms. The minimum Gasteiger partial charge on any atom is -0.330 e. The monoisotopic (exact) mass is 181 g/mol. The lowest BCUT2D eigenvalue weighted by molar-refractivity contribution is -0.110. The number of hydrogen-bond donors (Lipinski definition) is 1. The van der Waals surface area contributed by atoms with E-state index in [1.165, 1.54) is 11.8 Å². The predicted octanol–water partition coefficient (Wildman–Crippen LogP) is 1.65. The van der Waals surface area contributed by atoms with E-state index in [4.69, 9.17) is 5.73 Å². The minimum absolute atomic E-state index is 0.128. The Morgan fingerprint density at radius 1 is 1.33 bits per heavy atom. The Balaban J connectivity index is 2.47. The van der Waals surface area contributed by atoms with Gasteiger partial charge in [-0.1, -0.05) is 30.0 Å². The number of carbonyl (C=O) groups excluding carboxylic acids is 1. The highest BCUT2D eigenvalue weighted by Crippen LogP contribution is 2.18. The molecule has 0 unspecified atom stereocenters. The molecule has 0 amide bonds. The first kappa shape index (κ1) is 9.29. The highest BCUT2D eigenvalue weighted by Gasteiger charge is 2.01. The van der Waals surface area contributed by atoms with Gasteiger partial charge in [-0.3, -0.25) is 4.79 Å². The summed E-state index contributed by atoms with van der Waals surface area (Å²) in [5, 5.41) is 0.128. The number of thioether (sulfide) groups is 1. The molecular weight excluding hydrogens is 170 g/mol. The first-order chi connectivity index (χ1) is 5.83. The molecule has 0 saturated heterocycles. The zero-order chi connectivity index (χ0) is 8.81. The molecule has 0 spiro atoms. The average molecular weight is 181 g/mol. The van der Waals surface area contributed by atoms with Gasteiger partial charge in [0.25, 0.3) is 0 Å². The van der Waals surface area contributed by atoms with Gasteiger partial charge in [0.1, 0.15) is 0 Å². The van der Waals surface area contributed by atoms with E-state index in [0.717, 1.165) is 4.90 Å². The van der Waals surface area contributed by atoms with Crippen LogP contribution in [-0.2, 0) is 4.79 Å². The number of nitrogens with two attached hydrogens (primary N) is 1. The van der Waals surface area contributed by atoms with Crippen molar-refractivity contribution in [2.45, 2.75) is 11.3 Å². The summed E-state index contributed by atoms with van der Waals surface area (Å²) in [6.07, 6.45) is 0.444. The zero-order valence-corrected chi connectivity index (χ0v) is 7.51. The van der Waals surface area contributed by atoms with Crippen molar-refractivity contribution in [3.63, 3.8) is 0 Å². The van der Waals surface area contributed by atoms with Crippen molar-refractivity contribution >= 4 is 16.9 Å². The van der Waals surface area contributed by atoms with Crippen molar-refractivity contribution in [3.05, 3.63) is 30.3 Å². The Bertz CT molecular complexity index is 248. The molecule has 12 heavy (non-hydrogen) atoms. The molecule has 0 aliphatic rings. The van der Waals surface area contributed by atoms with Gasteiger partial charge in [0.05, 0.1) is 0 Å². The fourth-order valence-electron chi connectivity index (χ4n) is 0.789. The van der Waals surface area contributed by atoms with Crippen molar-refractivity contribution in [1.29, 1.82) is 0 Å². The Kier molecular flexibility index (Phi) is 3.84. The van der Waals surface area contributed by atoms with E-state index < -0.39 is 0 Å². The second-order valence-corrected chi connectivity index (χ2v) is 3.46.